The van der Waals surface area contributed by atoms with Crippen LogP contribution < -0.4 is 10.6 Å². The van der Waals surface area contributed by atoms with Crippen molar-refractivity contribution in [1.29, 1.82) is 0 Å². The molecule has 192 valence electrons. The second-order valence-corrected chi connectivity index (χ2v) is 11.2. The van der Waals surface area contributed by atoms with Crippen LogP contribution in [0.5, 0.6) is 0 Å². The highest BCUT2D eigenvalue weighted by Gasteiger charge is 2.26. The Labute approximate surface area is 226 Å². The molecule has 1 aromatic heterocycles. The maximum absolute atomic E-state index is 12.9. The number of hydrogen-bond donors (Lipinski definition) is 2. The predicted octanol–water partition coefficient (Wildman–Crippen LogP) is 6.35. The first-order chi connectivity index (χ1) is 17.1. The Balaban J connectivity index is 1.73. The third kappa shape index (κ3) is 6.97. The summed E-state index contributed by atoms with van der Waals surface area (Å²) in [6, 6.07) is 13.1. The van der Waals surface area contributed by atoms with Gasteiger partial charge in [0, 0.05) is 22.3 Å². The summed E-state index contributed by atoms with van der Waals surface area (Å²) in [6.07, 6.45) is 0. The molecule has 2 aromatic carbocycles. The molecule has 2 amide bonds. The standard InChI is InChI=1S/C27H34BrN5O2S/c1-7-33-25(24(17(4)5)30-26(35)19-10-8-9-18(6)13-19)31-32-27(33)36-15-23(34)29-22-12-11-20(28)14-21(22)16(2)3/h8-14,16-17,24H,7,15H2,1-6H3,(H,29,34)(H,30,35)/t24-/m0/s1. The molecular weight excluding hydrogens is 538 g/mol. The molecule has 0 fully saturated rings. The van der Waals surface area contributed by atoms with Crippen LogP contribution in [0.2, 0.25) is 0 Å². The van der Waals surface area contributed by atoms with Gasteiger partial charge in [-0.05, 0) is 61.6 Å². The SMILES string of the molecule is CCn1c(SCC(=O)Nc2ccc(Br)cc2C(C)C)nnc1[C@@H](NC(=O)c1cccc(C)c1)C(C)C. The van der Waals surface area contributed by atoms with Crippen LogP contribution in [0.25, 0.3) is 0 Å². The van der Waals surface area contributed by atoms with Crippen molar-refractivity contribution < 1.29 is 9.59 Å². The van der Waals surface area contributed by atoms with Crippen LogP contribution >= 0.6 is 27.7 Å². The second-order valence-electron chi connectivity index (χ2n) is 9.37. The second kappa shape index (κ2) is 12.5. The topological polar surface area (TPSA) is 88.9 Å². The lowest BCUT2D eigenvalue weighted by Crippen LogP contribution is -2.33. The number of anilines is 1. The molecule has 1 heterocycles. The number of amides is 2. The largest absolute Gasteiger partial charge is 0.342 e. The average Bonchev–Trinajstić information content (AvgIpc) is 3.24. The minimum absolute atomic E-state index is 0.0984. The Bertz CT molecular complexity index is 1220. The number of nitrogens with one attached hydrogen (secondary N) is 2. The lowest BCUT2D eigenvalue weighted by atomic mass is 10.0. The molecule has 0 spiro atoms. The number of thioether (sulfide) groups is 1. The van der Waals surface area contributed by atoms with E-state index in [1.54, 1.807) is 6.07 Å². The number of carbonyl (C=O) groups is 2. The van der Waals surface area contributed by atoms with Crippen molar-refractivity contribution in [2.45, 2.75) is 65.2 Å². The first-order valence-electron chi connectivity index (χ1n) is 12.1. The molecule has 2 N–H and O–H groups in total. The quantitative estimate of drug-likeness (QED) is 0.277. The third-order valence-corrected chi connectivity index (χ3v) is 7.28. The molecule has 0 unspecified atom stereocenters. The predicted molar refractivity (Wildman–Crippen MR) is 150 cm³/mol. The maximum Gasteiger partial charge on any atom is 0.251 e. The van der Waals surface area contributed by atoms with E-state index in [2.05, 4.69) is 50.6 Å². The third-order valence-electron chi connectivity index (χ3n) is 5.82. The van der Waals surface area contributed by atoms with Gasteiger partial charge < -0.3 is 15.2 Å². The number of halogens is 1. The Hall–Kier alpha value is -2.65. The van der Waals surface area contributed by atoms with E-state index < -0.39 is 0 Å². The van der Waals surface area contributed by atoms with Crippen LogP contribution in [0.15, 0.2) is 52.1 Å². The summed E-state index contributed by atoms with van der Waals surface area (Å²) in [6.45, 7) is 12.9. The van der Waals surface area contributed by atoms with Gasteiger partial charge in [-0.25, -0.2) is 0 Å². The normalized spacial score (nSPS) is 12.1. The molecule has 3 aromatic rings. The molecule has 0 saturated carbocycles. The highest BCUT2D eigenvalue weighted by Crippen LogP contribution is 2.29. The van der Waals surface area contributed by atoms with E-state index in [1.807, 2.05) is 68.7 Å². The lowest BCUT2D eigenvalue weighted by molar-refractivity contribution is -0.113. The van der Waals surface area contributed by atoms with Crippen molar-refractivity contribution in [3.63, 3.8) is 0 Å². The van der Waals surface area contributed by atoms with Crippen molar-refractivity contribution in [1.82, 2.24) is 20.1 Å². The molecule has 0 bridgehead atoms. The monoisotopic (exact) mass is 571 g/mol. The molecule has 0 saturated heterocycles. The van der Waals surface area contributed by atoms with E-state index in [1.165, 1.54) is 11.8 Å². The first-order valence-corrected chi connectivity index (χ1v) is 13.9. The lowest BCUT2D eigenvalue weighted by Gasteiger charge is -2.22. The zero-order valence-electron chi connectivity index (χ0n) is 21.6. The Kier molecular flexibility index (Phi) is 9.73. The number of nitrogens with zero attached hydrogens (tertiary/aromatic N) is 3. The van der Waals surface area contributed by atoms with Crippen molar-refractivity contribution in [2.24, 2.45) is 5.92 Å². The fourth-order valence-corrected chi connectivity index (χ4v) is 5.10. The van der Waals surface area contributed by atoms with Crippen LogP contribution in [-0.2, 0) is 11.3 Å². The Morgan fingerprint density at radius 3 is 2.47 bits per heavy atom. The van der Waals surface area contributed by atoms with Gasteiger partial charge in [0.2, 0.25) is 5.91 Å². The minimum Gasteiger partial charge on any atom is -0.342 e. The molecule has 0 aliphatic carbocycles. The zero-order chi connectivity index (χ0) is 26.4. The highest BCUT2D eigenvalue weighted by molar-refractivity contribution is 9.10. The Morgan fingerprint density at radius 1 is 1.08 bits per heavy atom. The number of rotatable bonds is 10. The van der Waals surface area contributed by atoms with Crippen molar-refractivity contribution >= 4 is 45.2 Å². The van der Waals surface area contributed by atoms with Crippen LogP contribution in [0, 0.1) is 12.8 Å². The van der Waals surface area contributed by atoms with Gasteiger partial charge in [0.15, 0.2) is 11.0 Å². The molecule has 0 radical (unpaired) electrons. The molecule has 9 heteroatoms. The number of carbonyl (C=O) groups excluding carboxylic acids is 2. The van der Waals surface area contributed by atoms with E-state index >= 15 is 0 Å². The van der Waals surface area contributed by atoms with Crippen LogP contribution in [0.3, 0.4) is 0 Å². The van der Waals surface area contributed by atoms with Gasteiger partial charge in [0.1, 0.15) is 0 Å². The first kappa shape index (κ1) is 27.9. The molecule has 0 aliphatic rings. The summed E-state index contributed by atoms with van der Waals surface area (Å²) < 4.78 is 2.95. The van der Waals surface area contributed by atoms with Crippen molar-refractivity contribution in [3.8, 4) is 0 Å². The summed E-state index contributed by atoms with van der Waals surface area (Å²) in [7, 11) is 0. The molecule has 36 heavy (non-hydrogen) atoms. The summed E-state index contributed by atoms with van der Waals surface area (Å²) >= 11 is 4.84. The number of hydrogen-bond acceptors (Lipinski definition) is 5. The van der Waals surface area contributed by atoms with Crippen molar-refractivity contribution in [3.05, 3.63) is 69.5 Å². The molecular formula is C27H34BrN5O2S. The highest BCUT2D eigenvalue weighted by atomic mass is 79.9. The molecule has 1 atom stereocenters. The van der Waals surface area contributed by atoms with E-state index in [0.29, 0.717) is 23.1 Å². The summed E-state index contributed by atoms with van der Waals surface area (Å²) in [5, 5.41) is 15.6. The van der Waals surface area contributed by atoms with Crippen molar-refractivity contribution in [2.75, 3.05) is 11.1 Å². The van der Waals surface area contributed by atoms with Gasteiger partial charge in [0.25, 0.3) is 5.91 Å². The van der Waals surface area contributed by atoms with Gasteiger partial charge >= 0.3 is 0 Å². The smallest absolute Gasteiger partial charge is 0.251 e. The summed E-state index contributed by atoms with van der Waals surface area (Å²) in [5.74, 6) is 1.01. The minimum atomic E-state index is -0.315. The number of benzene rings is 2. The van der Waals surface area contributed by atoms with Gasteiger partial charge in [0.05, 0.1) is 11.8 Å². The fraction of sp³-hybridized carbons (Fsp3) is 0.407. The van der Waals surface area contributed by atoms with E-state index in [9.17, 15) is 9.59 Å². The molecule has 0 aliphatic heterocycles. The van der Waals surface area contributed by atoms with Crippen LogP contribution in [0.4, 0.5) is 5.69 Å². The van der Waals surface area contributed by atoms with Crippen LogP contribution in [0.1, 0.15) is 73.9 Å². The van der Waals surface area contributed by atoms with Gasteiger partial charge in [-0.2, -0.15) is 0 Å². The maximum atomic E-state index is 12.9. The Morgan fingerprint density at radius 2 is 1.83 bits per heavy atom. The van der Waals surface area contributed by atoms with Gasteiger partial charge in [-0.3, -0.25) is 9.59 Å². The zero-order valence-corrected chi connectivity index (χ0v) is 24.0. The summed E-state index contributed by atoms with van der Waals surface area (Å²) in [5.41, 5.74) is 3.53. The van der Waals surface area contributed by atoms with E-state index in [-0.39, 0.29) is 35.4 Å². The van der Waals surface area contributed by atoms with E-state index in [4.69, 9.17) is 0 Å². The van der Waals surface area contributed by atoms with E-state index in [0.717, 1.165) is 21.3 Å². The molecule has 7 nitrogen and oxygen atoms in total. The van der Waals surface area contributed by atoms with Crippen LogP contribution in [-0.4, -0.2) is 32.3 Å². The number of aryl methyl sites for hydroxylation is 1. The molecule has 3 rings (SSSR count). The van der Waals surface area contributed by atoms with Gasteiger partial charge in [-0.1, -0.05) is 73.1 Å². The number of aromatic nitrogens is 3. The summed E-state index contributed by atoms with van der Waals surface area (Å²) in [4.78, 5) is 25.7. The van der Waals surface area contributed by atoms with Gasteiger partial charge in [-0.15, -0.1) is 10.2 Å². The fourth-order valence-electron chi connectivity index (χ4n) is 3.92. The average molecular weight is 573 g/mol.